The number of hydrogen-bond donors (Lipinski definition) is 2. The van der Waals surface area contributed by atoms with Gasteiger partial charge in [-0.1, -0.05) is 0 Å². The van der Waals surface area contributed by atoms with E-state index >= 15 is 0 Å². The van der Waals surface area contributed by atoms with E-state index in [2.05, 4.69) is 24.3 Å². The fraction of sp³-hybridized carbons (Fsp3) is 1.00. The molecule has 0 saturated carbocycles. The maximum atomic E-state index is 5.70. The third kappa shape index (κ3) is 3.53. The summed E-state index contributed by atoms with van der Waals surface area (Å²) in [6.45, 7) is 5.58. The zero-order chi connectivity index (χ0) is 10.4. The molecule has 0 aromatic rings. The summed E-state index contributed by atoms with van der Waals surface area (Å²) in [7, 11) is 4.20. The quantitative estimate of drug-likeness (QED) is 0.545. The molecule has 0 aromatic carbocycles. The summed E-state index contributed by atoms with van der Waals surface area (Å²) in [5.74, 6) is 0. The SMILES string of the molecule is CN(C)CCCNCC1(CN)COC1. The lowest BCUT2D eigenvalue weighted by atomic mass is 9.86. The van der Waals surface area contributed by atoms with Crippen LogP contribution < -0.4 is 11.1 Å². The number of ether oxygens (including phenoxy) is 1. The molecule has 1 aliphatic rings. The van der Waals surface area contributed by atoms with Gasteiger partial charge >= 0.3 is 0 Å². The molecule has 0 aliphatic carbocycles. The van der Waals surface area contributed by atoms with Crippen LogP contribution in [0, 0.1) is 5.41 Å². The summed E-state index contributed by atoms with van der Waals surface area (Å²) >= 11 is 0. The second-order valence-corrected chi connectivity index (χ2v) is 4.53. The first kappa shape index (κ1) is 11.9. The van der Waals surface area contributed by atoms with Crippen LogP contribution in [0.5, 0.6) is 0 Å². The van der Waals surface area contributed by atoms with Crippen molar-refractivity contribution >= 4 is 0 Å². The summed E-state index contributed by atoms with van der Waals surface area (Å²) in [4.78, 5) is 2.20. The summed E-state index contributed by atoms with van der Waals surface area (Å²) in [6, 6.07) is 0. The Kier molecular flexibility index (Phi) is 4.81. The van der Waals surface area contributed by atoms with Gasteiger partial charge in [0.25, 0.3) is 0 Å². The highest BCUT2D eigenvalue weighted by Gasteiger charge is 2.36. The molecule has 0 aromatic heterocycles. The van der Waals surface area contributed by atoms with Gasteiger partial charge in [0, 0.05) is 18.5 Å². The van der Waals surface area contributed by atoms with E-state index in [-0.39, 0.29) is 5.41 Å². The highest BCUT2D eigenvalue weighted by atomic mass is 16.5. The van der Waals surface area contributed by atoms with E-state index in [4.69, 9.17) is 10.5 Å². The Morgan fingerprint density at radius 3 is 2.57 bits per heavy atom. The van der Waals surface area contributed by atoms with Crippen molar-refractivity contribution < 1.29 is 4.74 Å². The molecule has 1 heterocycles. The molecule has 84 valence electrons. The van der Waals surface area contributed by atoms with E-state index in [9.17, 15) is 0 Å². The standard InChI is InChI=1S/C10H23N3O/c1-13(2)5-3-4-12-7-10(6-11)8-14-9-10/h12H,3-9,11H2,1-2H3. The van der Waals surface area contributed by atoms with Gasteiger partial charge in [0.2, 0.25) is 0 Å². The molecule has 1 saturated heterocycles. The second kappa shape index (κ2) is 5.66. The van der Waals surface area contributed by atoms with Gasteiger partial charge in [-0.15, -0.1) is 0 Å². The normalized spacial score (nSPS) is 19.7. The Bertz CT molecular complexity index is 152. The highest BCUT2D eigenvalue weighted by molar-refractivity contribution is 4.88. The summed E-state index contributed by atoms with van der Waals surface area (Å²) in [6.07, 6.45) is 1.19. The lowest BCUT2D eigenvalue weighted by molar-refractivity contribution is -0.104. The summed E-state index contributed by atoms with van der Waals surface area (Å²) in [5.41, 5.74) is 5.94. The number of rotatable bonds is 7. The Balaban J connectivity index is 1.97. The predicted octanol–water partition coefficient (Wildman–Crippen LogP) is -0.497. The number of nitrogens with two attached hydrogens (primary N) is 1. The first-order chi connectivity index (χ1) is 6.68. The van der Waals surface area contributed by atoms with E-state index < -0.39 is 0 Å². The summed E-state index contributed by atoms with van der Waals surface area (Å²) in [5, 5.41) is 3.45. The van der Waals surface area contributed by atoms with Crippen LogP contribution >= 0.6 is 0 Å². The van der Waals surface area contributed by atoms with E-state index in [0.29, 0.717) is 0 Å². The number of nitrogens with zero attached hydrogens (tertiary/aromatic N) is 1. The van der Waals surface area contributed by atoms with E-state index in [1.807, 2.05) is 0 Å². The minimum Gasteiger partial charge on any atom is -0.380 e. The highest BCUT2D eigenvalue weighted by Crippen LogP contribution is 2.24. The van der Waals surface area contributed by atoms with Gasteiger partial charge in [-0.05, 0) is 33.6 Å². The summed E-state index contributed by atoms with van der Waals surface area (Å²) < 4.78 is 5.20. The van der Waals surface area contributed by atoms with Gasteiger partial charge in [-0.25, -0.2) is 0 Å². The fourth-order valence-corrected chi connectivity index (χ4v) is 1.56. The maximum absolute atomic E-state index is 5.70. The molecule has 0 spiro atoms. The average Bonchev–Trinajstić information content (AvgIpc) is 2.08. The molecule has 3 N–H and O–H groups in total. The van der Waals surface area contributed by atoms with Crippen molar-refractivity contribution in [1.82, 2.24) is 10.2 Å². The molecule has 0 unspecified atom stereocenters. The van der Waals surface area contributed by atoms with Gasteiger partial charge in [-0.3, -0.25) is 0 Å². The van der Waals surface area contributed by atoms with Crippen LogP contribution in [0.3, 0.4) is 0 Å². The van der Waals surface area contributed by atoms with Gasteiger partial charge in [-0.2, -0.15) is 0 Å². The Morgan fingerprint density at radius 1 is 1.43 bits per heavy atom. The van der Waals surface area contributed by atoms with Crippen LogP contribution in [0.2, 0.25) is 0 Å². The van der Waals surface area contributed by atoms with E-state index in [1.54, 1.807) is 0 Å². The van der Waals surface area contributed by atoms with E-state index in [1.165, 1.54) is 6.42 Å². The fourth-order valence-electron chi connectivity index (χ4n) is 1.56. The molecule has 0 atom stereocenters. The van der Waals surface area contributed by atoms with Crippen LogP contribution in [0.4, 0.5) is 0 Å². The first-order valence-corrected chi connectivity index (χ1v) is 5.32. The topological polar surface area (TPSA) is 50.5 Å². The Morgan fingerprint density at radius 2 is 2.14 bits per heavy atom. The van der Waals surface area contributed by atoms with Crippen LogP contribution in [-0.4, -0.2) is 58.4 Å². The van der Waals surface area contributed by atoms with Crippen molar-refractivity contribution in [3.63, 3.8) is 0 Å². The lowest BCUT2D eigenvalue weighted by Gasteiger charge is -2.40. The van der Waals surface area contributed by atoms with Crippen LogP contribution in [0.25, 0.3) is 0 Å². The number of hydrogen-bond acceptors (Lipinski definition) is 4. The molecule has 1 aliphatic heterocycles. The predicted molar refractivity (Wildman–Crippen MR) is 58.3 cm³/mol. The number of nitrogens with one attached hydrogen (secondary N) is 1. The molecule has 4 heteroatoms. The molecule has 14 heavy (non-hydrogen) atoms. The monoisotopic (exact) mass is 201 g/mol. The second-order valence-electron chi connectivity index (χ2n) is 4.53. The minimum absolute atomic E-state index is 0.234. The third-order valence-corrected chi connectivity index (χ3v) is 2.71. The Hall–Kier alpha value is -0.160. The van der Waals surface area contributed by atoms with Gasteiger partial charge in [0.1, 0.15) is 0 Å². The maximum Gasteiger partial charge on any atom is 0.0569 e. The Labute approximate surface area is 86.8 Å². The van der Waals surface area contributed by atoms with Crippen LogP contribution in [0.1, 0.15) is 6.42 Å². The smallest absolute Gasteiger partial charge is 0.0569 e. The first-order valence-electron chi connectivity index (χ1n) is 5.32. The molecular weight excluding hydrogens is 178 g/mol. The van der Waals surface area contributed by atoms with Gasteiger partial charge in [0.15, 0.2) is 0 Å². The largest absolute Gasteiger partial charge is 0.380 e. The van der Waals surface area contributed by atoms with Crippen molar-refractivity contribution in [3.05, 3.63) is 0 Å². The van der Waals surface area contributed by atoms with Crippen LogP contribution in [0.15, 0.2) is 0 Å². The average molecular weight is 201 g/mol. The van der Waals surface area contributed by atoms with Gasteiger partial charge in [0.05, 0.1) is 13.2 Å². The van der Waals surface area contributed by atoms with Gasteiger partial charge < -0.3 is 20.7 Å². The molecule has 0 radical (unpaired) electrons. The molecule has 1 rings (SSSR count). The molecule has 0 bridgehead atoms. The van der Waals surface area contributed by atoms with Crippen LogP contribution in [-0.2, 0) is 4.74 Å². The van der Waals surface area contributed by atoms with Crippen molar-refractivity contribution in [2.24, 2.45) is 11.1 Å². The minimum atomic E-state index is 0.234. The zero-order valence-corrected chi connectivity index (χ0v) is 9.38. The molecule has 1 fully saturated rings. The molecular formula is C10H23N3O. The molecule has 0 amide bonds. The molecule has 4 nitrogen and oxygen atoms in total. The van der Waals surface area contributed by atoms with Crippen molar-refractivity contribution in [2.45, 2.75) is 6.42 Å². The zero-order valence-electron chi connectivity index (χ0n) is 9.38. The third-order valence-electron chi connectivity index (χ3n) is 2.71. The van der Waals surface area contributed by atoms with Crippen molar-refractivity contribution in [1.29, 1.82) is 0 Å². The lowest BCUT2D eigenvalue weighted by Crippen LogP contribution is -2.54. The van der Waals surface area contributed by atoms with Crippen molar-refractivity contribution in [2.75, 3.05) is 53.5 Å². The van der Waals surface area contributed by atoms with E-state index in [0.717, 1.165) is 39.4 Å². The van der Waals surface area contributed by atoms with Crippen molar-refractivity contribution in [3.8, 4) is 0 Å².